The van der Waals surface area contributed by atoms with E-state index in [1.165, 1.54) is 55.7 Å². The van der Waals surface area contributed by atoms with E-state index in [2.05, 4.69) is 41.5 Å². The Morgan fingerprint density at radius 1 is 1.06 bits per heavy atom. The van der Waals surface area contributed by atoms with Crippen LogP contribution in [0.2, 0.25) is 0 Å². The molecule has 0 atom stereocenters. The van der Waals surface area contributed by atoms with E-state index in [1.54, 1.807) is 12.1 Å². The molecule has 5 nitrogen and oxygen atoms in total. The number of carbonyl (C=O) groups is 1. The van der Waals surface area contributed by atoms with Gasteiger partial charge in [-0.1, -0.05) is 50.1 Å². The average Bonchev–Trinajstić information content (AvgIpc) is 2.80. The number of nitrogens with zero attached hydrogens (tertiary/aromatic N) is 1. The molecule has 1 heterocycles. The Balaban J connectivity index is 0.00000289. The molecule has 0 unspecified atom stereocenters. The summed E-state index contributed by atoms with van der Waals surface area (Å²) in [6, 6.07) is 16.3. The maximum atomic E-state index is 11.2. The van der Waals surface area contributed by atoms with E-state index in [0.29, 0.717) is 17.5 Å². The van der Waals surface area contributed by atoms with E-state index in [9.17, 15) is 4.79 Å². The fraction of sp³-hybridized carbons (Fsp3) is 0.385. The smallest absolute Gasteiger partial charge is 0.250 e. The maximum absolute atomic E-state index is 11.2. The number of rotatable bonds is 8. The molecule has 0 aliphatic heterocycles. The van der Waals surface area contributed by atoms with E-state index in [4.69, 9.17) is 10.5 Å². The van der Waals surface area contributed by atoms with E-state index < -0.39 is 5.91 Å². The van der Waals surface area contributed by atoms with Crippen LogP contribution in [0.15, 0.2) is 54.7 Å². The molecule has 0 spiro atoms. The zero-order valence-corrected chi connectivity index (χ0v) is 19.4. The van der Waals surface area contributed by atoms with E-state index in [-0.39, 0.29) is 12.4 Å². The molecule has 6 heteroatoms. The van der Waals surface area contributed by atoms with Gasteiger partial charge in [-0.05, 0) is 54.7 Å². The summed E-state index contributed by atoms with van der Waals surface area (Å²) in [5, 5.41) is 6.01. The van der Waals surface area contributed by atoms with Crippen LogP contribution in [0.1, 0.15) is 61.4 Å². The normalized spacial score (nSPS) is 18.2. The lowest BCUT2D eigenvalue weighted by Crippen LogP contribution is -2.32. The summed E-state index contributed by atoms with van der Waals surface area (Å²) in [6.45, 7) is 3.14. The van der Waals surface area contributed by atoms with Gasteiger partial charge in [-0.25, -0.2) is 4.98 Å². The molecule has 1 aromatic heterocycles. The van der Waals surface area contributed by atoms with E-state index >= 15 is 0 Å². The van der Waals surface area contributed by atoms with Crippen molar-refractivity contribution in [2.45, 2.75) is 58.0 Å². The molecule has 4 rings (SSSR count). The number of aromatic nitrogens is 1. The van der Waals surface area contributed by atoms with Gasteiger partial charge in [-0.15, -0.1) is 12.4 Å². The summed E-state index contributed by atoms with van der Waals surface area (Å²) >= 11 is 0. The van der Waals surface area contributed by atoms with Crippen molar-refractivity contribution < 1.29 is 9.53 Å². The van der Waals surface area contributed by atoms with Gasteiger partial charge in [0.2, 0.25) is 11.8 Å². The third-order valence-electron chi connectivity index (χ3n) is 6.33. The van der Waals surface area contributed by atoms with Gasteiger partial charge in [-0.3, -0.25) is 4.79 Å². The van der Waals surface area contributed by atoms with Crippen LogP contribution in [-0.2, 0) is 6.54 Å². The Morgan fingerprint density at radius 3 is 2.47 bits per heavy atom. The number of benzene rings is 2. The molecule has 1 aliphatic rings. The Bertz CT molecular complexity index is 1030. The number of halogens is 1. The number of hydrogen-bond acceptors (Lipinski definition) is 4. The third kappa shape index (κ3) is 5.78. The molecular formula is C26H32ClN3O2. The van der Waals surface area contributed by atoms with Crippen molar-refractivity contribution in [1.82, 2.24) is 10.3 Å². The van der Waals surface area contributed by atoms with Crippen LogP contribution in [-0.4, -0.2) is 16.9 Å². The first-order valence-corrected chi connectivity index (χ1v) is 11.3. The van der Waals surface area contributed by atoms with Crippen LogP contribution in [0, 0.1) is 5.92 Å². The van der Waals surface area contributed by atoms with Gasteiger partial charge in [0.05, 0.1) is 5.56 Å². The lowest BCUT2D eigenvalue weighted by molar-refractivity contribution is 0.1000. The first-order chi connectivity index (χ1) is 15.1. The van der Waals surface area contributed by atoms with Crippen molar-refractivity contribution >= 4 is 29.1 Å². The number of nitrogens with two attached hydrogens (primary N) is 1. The number of ether oxygens (including phenoxy) is 1. The average molecular weight is 454 g/mol. The van der Waals surface area contributed by atoms with Gasteiger partial charge < -0.3 is 15.8 Å². The predicted molar refractivity (Wildman–Crippen MR) is 132 cm³/mol. The summed E-state index contributed by atoms with van der Waals surface area (Å²) in [4.78, 5) is 15.4. The Morgan fingerprint density at radius 2 is 1.81 bits per heavy atom. The SMILES string of the molecule is CCC[C@H]1CC[C@H](NCc2ccc(Oc3ccc(C(N)=O)cn3)c3ccccc23)CC1.Cl. The second-order valence-corrected chi connectivity index (χ2v) is 8.51. The Hall–Kier alpha value is -2.63. The van der Waals surface area contributed by atoms with Crippen molar-refractivity contribution in [3.8, 4) is 11.6 Å². The topological polar surface area (TPSA) is 77.2 Å². The van der Waals surface area contributed by atoms with Crippen molar-refractivity contribution in [3.63, 3.8) is 0 Å². The van der Waals surface area contributed by atoms with Crippen LogP contribution in [0.4, 0.5) is 0 Å². The monoisotopic (exact) mass is 453 g/mol. The summed E-state index contributed by atoms with van der Waals surface area (Å²) in [5.74, 6) is 1.61. The summed E-state index contributed by atoms with van der Waals surface area (Å²) < 4.78 is 6.03. The molecule has 170 valence electrons. The number of primary amides is 1. The maximum Gasteiger partial charge on any atom is 0.250 e. The van der Waals surface area contributed by atoms with Gasteiger partial charge in [-0.2, -0.15) is 0 Å². The number of amides is 1. The molecule has 3 N–H and O–H groups in total. The minimum Gasteiger partial charge on any atom is -0.438 e. The molecule has 0 radical (unpaired) electrons. The minimum absolute atomic E-state index is 0. The third-order valence-corrected chi connectivity index (χ3v) is 6.33. The van der Waals surface area contributed by atoms with Crippen molar-refractivity contribution in [1.29, 1.82) is 0 Å². The quantitative estimate of drug-likeness (QED) is 0.438. The zero-order valence-electron chi connectivity index (χ0n) is 18.5. The largest absolute Gasteiger partial charge is 0.438 e. The summed E-state index contributed by atoms with van der Waals surface area (Å²) in [7, 11) is 0. The fourth-order valence-corrected chi connectivity index (χ4v) is 4.59. The molecule has 0 bridgehead atoms. The van der Waals surface area contributed by atoms with Gasteiger partial charge >= 0.3 is 0 Å². The van der Waals surface area contributed by atoms with Crippen LogP contribution >= 0.6 is 12.4 Å². The van der Waals surface area contributed by atoms with Crippen LogP contribution in [0.5, 0.6) is 11.6 Å². The number of fused-ring (bicyclic) bond motifs is 1. The van der Waals surface area contributed by atoms with Crippen LogP contribution in [0.3, 0.4) is 0 Å². The number of nitrogens with one attached hydrogen (secondary N) is 1. The second-order valence-electron chi connectivity index (χ2n) is 8.51. The van der Waals surface area contributed by atoms with Crippen molar-refractivity contribution in [3.05, 3.63) is 65.9 Å². The number of hydrogen-bond donors (Lipinski definition) is 2. The second kappa shape index (κ2) is 11.3. The number of carbonyl (C=O) groups excluding carboxylic acids is 1. The first-order valence-electron chi connectivity index (χ1n) is 11.3. The highest BCUT2D eigenvalue weighted by Crippen LogP contribution is 2.32. The van der Waals surface area contributed by atoms with Gasteiger partial charge in [0, 0.05) is 30.2 Å². The Kier molecular flexibility index (Phi) is 8.48. The standard InChI is InChI=1S/C26H31N3O2.ClH/c1-2-5-18-8-12-21(13-9-18)28-16-19-10-14-24(23-7-4-3-6-22(19)23)31-25-15-11-20(17-29-25)26(27)30;/h3-4,6-7,10-11,14-15,17-18,21,28H,2,5,8-9,12-13,16H2,1H3,(H2,27,30);1H/t18-,21-;. The molecule has 1 amide bonds. The molecular weight excluding hydrogens is 422 g/mol. The molecule has 2 aromatic carbocycles. The van der Waals surface area contributed by atoms with E-state index in [1.807, 2.05) is 12.1 Å². The first kappa shape index (κ1) is 24.0. The lowest BCUT2D eigenvalue weighted by Gasteiger charge is -2.29. The minimum atomic E-state index is -0.500. The molecule has 3 aromatic rings. The molecule has 32 heavy (non-hydrogen) atoms. The highest BCUT2D eigenvalue weighted by molar-refractivity contribution is 5.92. The van der Waals surface area contributed by atoms with Crippen LogP contribution in [0.25, 0.3) is 10.8 Å². The highest BCUT2D eigenvalue weighted by Gasteiger charge is 2.20. The lowest BCUT2D eigenvalue weighted by atomic mass is 9.83. The van der Waals surface area contributed by atoms with Crippen LogP contribution < -0.4 is 15.8 Å². The Labute approximate surface area is 196 Å². The highest BCUT2D eigenvalue weighted by atomic mass is 35.5. The molecule has 1 saturated carbocycles. The zero-order chi connectivity index (χ0) is 21.6. The predicted octanol–water partition coefficient (Wildman–Crippen LogP) is 6.00. The molecule has 0 saturated heterocycles. The fourth-order valence-electron chi connectivity index (χ4n) is 4.59. The van der Waals surface area contributed by atoms with Gasteiger partial charge in [0.25, 0.3) is 0 Å². The van der Waals surface area contributed by atoms with Gasteiger partial charge in [0.1, 0.15) is 5.75 Å². The van der Waals surface area contributed by atoms with Gasteiger partial charge in [0.15, 0.2) is 0 Å². The summed E-state index contributed by atoms with van der Waals surface area (Å²) in [6.07, 6.45) is 9.36. The molecule has 1 fully saturated rings. The molecule has 1 aliphatic carbocycles. The summed E-state index contributed by atoms with van der Waals surface area (Å²) in [5.41, 5.74) is 6.92. The van der Waals surface area contributed by atoms with Crippen molar-refractivity contribution in [2.75, 3.05) is 0 Å². The van der Waals surface area contributed by atoms with Crippen molar-refractivity contribution in [2.24, 2.45) is 11.7 Å². The number of pyridine rings is 1. The van der Waals surface area contributed by atoms with E-state index in [0.717, 1.165) is 23.6 Å².